The summed E-state index contributed by atoms with van der Waals surface area (Å²) in [5.41, 5.74) is 2.92. The molecule has 0 radical (unpaired) electrons. The van der Waals surface area contributed by atoms with Crippen molar-refractivity contribution in [1.29, 1.82) is 0 Å². The van der Waals surface area contributed by atoms with Crippen molar-refractivity contribution in [2.24, 2.45) is 0 Å². The molecule has 1 fully saturated rings. The molecule has 0 aromatic carbocycles. The fourth-order valence-corrected chi connectivity index (χ4v) is 3.79. The van der Waals surface area contributed by atoms with Crippen LogP contribution in [-0.4, -0.2) is 9.78 Å². The second-order valence-corrected chi connectivity index (χ2v) is 5.47. The Morgan fingerprint density at radius 1 is 1.38 bits per heavy atom. The topological polar surface area (TPSA) is 17.8 Å². The maximum absolute atomic E-state index is 4.57. The van der Waals surface area contributed by atoms with Gasteiger partial charge in [0.15, 0.2) is 0 Å². The van der Waals surface area contributed by atoms with Crippen molar-refractivity contribution in [1.82, 2.24) is 9.78 Å². The van der Waals surface area contributed by atoms with Gasteiger partial charge in [0.1, 0.15) is 4.60 Å². The second-order valence-electron chi connectivity index (χ2n) is 3.74. The lowest BCUT2D eigenvalue weighted by Gasteiger charge is -2.27. The molecule has 0 N–H and O–H groups in total. The number of thioether (sulfide) groups is 1. The third kappa shape index (κ3) is 1.18. The molecular formula is C9H11BrN2S. The van der Waals surface area contributed by atoms with E-state index in [0.29, 0.717) is 6.04 Å². The van der Waals surface area contributed by atoms with Gasteiger partial charge in [0.05, 0.1) is 11.7 Å². The molecular weight excluding hydrogens is 248 g/mol. The highest BCUT2D eigenvalue weighted by Crippen LogP contribution is 2.40. The number of hydrogen-bond donors (Lipinski definition) is 0. The van der Waals surface area contributed by atoms with E-state index < -0.39 is 0 Å². The summed E-state index contributed by atoms with van der Waals surface area (Å²) in [7, 11) is 0. The Balaban J connectivity index is 2.04. The Hall–Kier alpha value is 0.0400. The first-order chi connectivity index (χ1) is 6.36. The summed E-state index contributed by atoms with van der Waals surface area (Å²) in [6.45, 7) is 0. The fourth-order valence-electron chi connectivity index (χ4n) is 1.95. The summed E-state index contributed by atoms with van der Waals surface area (Å²) in [6, 6.07) is 0.707. The standard InChI is InChI=1S/C9H11BrN2S/c10-9-7-4-13-5-8(7)12(11-9)6-2-1-3-6/h6H,1-5H2. The first kappa shape index (κ1) is 8.36. The van der Waals surface area contributed by atoms with Crippen LogP contribution in [0.5, 0.6) is 0 Å². The van der Waals surface area contributed by atoms with Gasteiger partial charge in [-0.15, -0.1) is 0 Å². The minimum Gasteiger partial charge on any atom is -0.264 e. The Morgan fingerprint density at radius 2 is 2.23 bits per heavy atom. The summed E-state index contributed by atoms with van der Waals surface area (Å²) in [6.07, 6.45) is 4.03. The molecule has 0 amide bonds. The van der Waals surface area contributed by atoms with Gasteiger partial charge in [0.25, 0.3) is 0 Å². The largest absolute Gasteiger partial charge is 0.264 e. The number of halogens is 1. The van der Waals surface area contributed by atoms with Crippen molar-refractivity contribution in [3.63, 3.8) is 0 Å². The van der Waals surface area contributed by atoms with Crippen molar-refractivity contribution >= 4 is 27.7 Å². The van der Waals surface area contributed by atoms with Crippen LogP contribution in [0.3, 0.4) is 0 Å². The van der Waals surface area contributed by atoms with E-state index in [4.69, 9.17) is 0 Å². The normalized spacial score (nSPS) is 21.6. The van der Waals surface area contributed by atoms with Crippen molar-refractivity contribution in [2.45, 2.75) is 36.8 Å². The molecule has 0 spiro atoms. The van der Waals surface area contributed by atoms with Gasteiger partial charge >= 0.3 is 0 Å². The van der Waals surface area contributed by atoms with Crippen LogP contribution in [-0.2, 0) is 11.5 Å². The Labute approximate surface area is 90.2 Å². The third-order valence-electron chi connectivity index (χ3n) is 2.98. The zero-order valence-electron chi connectivity index (χ0n) is 7.29. The highest BCUT2D eigenvalue weighted by molar-refractivity contribution is 9.10. The lowest BCUT2D eigenvalue weighted by Crippen LogP contribution is -2.19. The quantitative estimate of drug-likeness (QED) is 0.771. The zero-order valence-corrected chi connectivity index (χ0v) is 9.70. The van der Waals surface area contributed by atoms with Gasteiger partial charge in [-0.3, -0.25) is 4.68 Å². The molecule has 2 heterocycles. The molecule has 2 nitrogen and oxygen atoms in total. The van der Waals surface area contributed by atoms with Gasteiger partial charge in [0.2, 0.25) is 0 Å². The minimum atomic E-state index is 0.707. The molecule has 1 aromatic heterocycles. The summed E-state index contributed by atoms with van der Waals surface area (Å²) in [5.74, 6) is 2.30. The molecule has 1 saturated carbocycles. The molecule has 1 aromatic rings. The number of rotatable bonds is 1. The number of hydrogen-bond acceptors (Lipinski definition) is 2. The van der Waals surface area contributed by atoms with E-state index in [-0.39, 0.29) is 0 Å². The van der Waals surface area contributed by atoms with Crippen LogP contribution in [0.2, 0.25) is 0 Å². The van der Waals surface area contributed by atoms with Crippen LogP contribution < -0.4 is 0 Å². The first-order valence-corrected chi connectivity index (χ1v) is 6.64. The van der Waals surface area contributed by atoms with E-state index >= 15 is 0 Å². The Bertz CT molecular complexity index is 344. The molecule has 1 aliphatic carbocycles. The van der Waals surface area contributed by atoms with Gasteiger partial charge in [-0.2, -0.15) is 16.9 Å². The molecule has 70 valence electrons. The van der Waals surface area contributed by atoms with Crippen LogP contribution in [0, 0.1) is 0 Å². The van der Waals surface area contributed by atoms with Crippen LogP contribution >= 0.6 is 27.7 Å². The fraction of sp³-hybridized carbons (Fsp3) is 0.667. The monoisotopic (exact) mass is 258 g/mol. The second kappa shape index (κ2) is 3.02. The molecule has 0 atom stereocenters. The van der Waals surface area contributed by atoms with Gasteiger partial charge < -0.3 is 0 Å². The predicted molar refractivity (Wildman–Crippen MR) is 57.8 cm³/mol. The average molecular weight is 259 g/mol. The third-order valence-corrected chi connectivity index (χ3v) is 4.58. The maximum atomic E-state index is 4.57. The van der Waals surface area contributed by atoms with Crippen LogP contribution in [0.15, 0.2) is 4.60 Å². The van der Waals surface area contributed by atoms with E-state index in [1.54, 1.807) is 0 Å². The smallest absolute Gasteiger partial charge is 0.132 e. The van der Waals surface area contributed by atoms with Crippen LogP contribution in [0.1, 0.15) is 36.6 Å². The van der Waals surface area contributed by atoms with Crippen LogP contribution in [0.25, 0.3) is 0 Å². The lowest BCUT2D eigenvalue weighted by atomic mass is 9.93. The lowest BCUT2D eigenvalue weighted by molar-refractivity contribution is 0.283. The van der Waals surface area contributed by atoms with E-state index in [9.17, 15) is 0 Å². The Kier molecular flexibility index (Phi) is 1.94. The van der Waals surface area contributed by atoms with E-state index in [0.717, 1.165) is 16.1 Å². The van der Waals surface area contributed by atoms with Crippen molar-refractivity contribution in [3.05, 3.63) is 15.9 Å². The molecule has 13 heavy (non-hydrogen) atoms. The number of aromatic nitrogens is 2. The number of nitrogens with zero attached hydrogens (tertiary/aromatic N) is 2. The van der Waals surface area contributed by atoms with Gasteiger partial charge in [-0.1, -0.05) is 0 Å². The van der Waals surface area contributed by atoms with Gasteiger partial charge in [-0.05, 0) is 35.2 Å². The molecule has 4 heteroatoms. The van der Waals surface area contributed by atoms with E-state index in [1.807, 2.05) is 11.8 Å². The summed E-state index contributed by atoms with van der Waals surface area (Å²) >= 11 is 5.54. The minimum absolute atomic E-state index is 0.707. The predicted octanol–water partition coefficient (Wildman–Crippen LogP) is 3.12. The van der Waals surface area contributed by atoms with Crippen molar-refractivity contribution in [3.8, 4) is 0 Å². The molecule has 3 rings (SSSR count). The first-order valence-electron chi connectivity index (χ1n) is 4.70. The summed E-state index contributed by atoms with van der Waals surface area (Å²) < 4.78 is 3.35. The van der Waals surface area contributed by atoms with Crippen LogP contribution in [0.4, 0.5) is 0 Å². The molecule has 0 unspecified atom stereocenters. The number of fused-ring (bicyclic) bond motifs is 1. The van der Waals surface area contributed by atoms with E-state index in [1.165, 1.54) is 30.5 Å². The molecule has 1 aliphatic heterocycles. The SMILES string of the molecule is Brc1nn(C2CCC2)c2c1CSC2. The van der Waals surface area contributed by atoms with Crippen molar-refractivity contribution in [2.75, 3.05) is 0 Å². The van der Waals surface area contributed by atoms with Gasteiger partial charge in [-0.25, -0.2) is 0 Å². The highest BCUT2D eigenvalue weighted by Gasteiger charge is 2.28. The average Bonchev–Trinajstić information content (AvgIpc) is 2.53. The molecule has 2 aliphatic rings. The van der Waals surface area contributed by atoms with E-state index in [2.05, 4.69) is 25.7 Å². The Morgan fingerprint density at radius 3 is 2.92 bits per heavy atom. The summed E-state index contributed by atoms with van der Waals surface area (Å²) in [5, 5.41) is 4.57. The zero-order chi connectivity index (χ0) is 8.84. The molecule has 0 saturated heterocycles. The van der Waals surface area contributed by atoms with Gasteiger partial charge in [0, 0.05) is 17.1 Å². The highest BCUT2D eigenvalue weighted by atomic mass is 79.9. The van der Waals surface area contributed by atoms with Crippen molar-refractivity contribution < 1.29 is 0 Å². The molecule has 0 bridgehead atoms. The summed E-state index contributed by atoms with van der Waals surface area (Å²) in [4.78, 5) is 0. The maximum Gasteiger partial charge on any atom is 0.132 e.